The molecule has 82 heavy (non-hydrogen) atoms. The van der Waals surface area contributed by atoms with E-state index in [9.17, 15) is 14.7 Å². The third-order valence-corrected chi connectivity index (χ3v) is 17.4. The van der Waals surface area contributed by atoms with E-state index in [2.05, 4.69) is 50.3 Å². The van der Waals surface area contributed by atoms with Crippen LogP contribution in [-0.2, 0) is 19.1 Å². The zero-order chi connectivity index (χ0) is 59.1. The fourth-order valence-electron chi connectivity index (χ4n) is 11.8. The molecule has 0 fully saturated rings. The smallest absolute Gasteiger partial charge is 0.306 e. The Bertz CT molecular complexity index is 1300. The number of aliphatic hydroxyl groups excluding tert-OH is 1. The number of aliphatic hydroxyl groups is 1. The molecule has 1 N–H and O–H groups in total. The summed E-state index contributed by atoms with van der Waals surface area (Å²) in [6.07, 6.45) is 97.8. The first-order chi connectivity index (χ1) is 40.6. The maximum Gasteiger partial charge on any atom is 0.306 e. The summed E-state index contributed by atoms with van der Waals surface area (Å²) < 4.78 is 10.8. The summed E-state index contributed by atoms with van der Waals surface area (Å²) in [6, 6.07) is 0. The van der Waals surface area contributed by atoms with Gasteiger partial charge in [0.2, 0.25) is 0 Å². The topological polar surface area (TPSA) is 72.8 Å². The highest BCUT2D eigenvalue weighted by atomic mass is 16.6. The lowest BCUT2D eigenvalue weighted by atomic mass is 10.0. The summed E-state index contributed by atoms with van der Waals surface area (Å²) in [5, 5.41) is 9.72. The Morgan fingerprint density at radius 3 is 0.732 bits per heavy atom. The molecule has 0 heterocycles. The molecule has 0 amide bonds. The SMILES string of the molecule is CCCCCCC/C=C\C/C=C\CCCCCCCCCCCCCCCCCCCCCCCCCC(=O)OC(CO)COC(=O)CCCCCCCCCCCCCCCCCCCCCCC/C=C\CCCCCCCCCC. The van der Waals surface area contributed by atoms with Gasteiger partial charge in [0.15, 0.2) is 6.10 Å². The Balaban J connectivity index is 3.37. The molecule has 5 nitrogen and oxygen atoms in total. The maximum atomic E-state index is 12.4. The van der Waals surface area contributed by atoms with E-state index < -0.39 is 6.10 Å². The van der Waals surface area contributed by atoms with Crippen LogP contribution in [0.4, 0.5) is 0 Å². The Hall–Kier alpha value is -1.88. The van der Waals surface area contributed by atoms with E-state index in [0.29, 0.717) is 12.8 Å². The predicted molar refractivity (Wildman–Crippen MR) is 362 cm³/mol. The number of ether oxygens (including phenoxy) is 2. The molecular formula is C77H146O5. The van der Waals surface area contributed by atoms with Crippen LogP contribution in [0.3, 0.4) is 0 Å². The van der Waals surface area contributed by atoms with Crippen molar-refractivity contribution in [2.45, 2.75) is 431 Å². The summed E-state index contributed by atoms with van der Waals surface area (Å²) in [7, 11) is 0. The van der Waals surface area contributed by atoms with E-state index >= 15 is 0 Å². The van der Waals surface area contributed by atoms with Crippen molar-refractivity contribution >= 4 is 11.9 Å². The average Bonchev–Trinajstić information content (AvgIpc) is 3.49. The molecule has 1 unspecified atom stereocenters. The van der Waals surface area contributed by atoms with E-state index in [1.807, 2.05) is 0 Å². The number of unbranched alkanes of at least 4 members (excludes halogenated alkanes) is 57. The number of hydrogen-bond acceptors (Lipinski definition) is 5. The van der Waals surface area contributed by atoms with Crippen molar-refractivity contribution < 1.29 is 24.2 Å². The van der Waals surface area contributed by atoms with Gasteiger partial charge in [-0.15, -0.1) is 0 Å². The van der Waals surface area contributed by atoms with Gasteiger partial charge in [-0.1, -0.05) is 378 Å². The van der Waals surface area contributed by atoms with Crippen molar-refractivity contribution in [1.82, 2.24) is 0 Å². The van der Waals surface area contributed by atoms with E-state index in [-0.39, 0.29) is 25.2 Å². The summed E-state index contributed by atoms with van der Waals surface area (Å²) in [5.41, 5.74) is 0. The minimum atomic E-state index is -0.769. The summed E-state index contributed by atoms with van der Waals surface area (Å²) in [5.74, 6) is -0.563. The van der Waals surface area contributed by atoms with Crippen molar-refractivity contribution in [2.75, 3.05) is 13.2 Å². The standard InChI is InChI=1S/C77H146O5/c1-3-5-7-9-11-13-15-17-19-21-23-25-27-29-31-33-35-37-38-40-42-44-46-48-50-52-54-56-58-60-62-64-66-68-70-72-77(80)82-75(73-78)74-81-76(79)71-69-67-65-63-61-59-57-55-53-51-49-47-45-43-41-39-36-34-32-30-28-26-24-22-20-18-16-14-12-10-8-6-4-2/h15,17,21-24,75,78H,3-14,16,18-20,25-74H2,1-2H3/b17-15-,23-21-,24-22-. The monoisotopic (exact) mass is 1150 g/mol. The fraction of sp³-hybridized carbons (Fsp3) is 0.896. The lowest BCUT2D eigenvalue weighted by molar-refractivity contribution is -0.161. The van der Waals surface area contributed by atoms with Crippen LogP contribution in [0, 0.1) is 0 Å². The zero-order valence-electron chi connectivity index (χ0n) is 55.8. The molecule has 0 aliphatic carbocycles. The fourth-order valence-corrected chi connectivity index (χ4v) is 11.8. The second kappa shape index (κ2) is 73.4. The van der Waals surface area contributed by atoms with Gasteiger partial charge < -0.3 is 14.6 Å². The highest BCUT2D eigenvalue weighted by Crippen LogP contribution is 2.19. The van der Waals surface area contributed by atoms with Gasteiger partial charge in [0, 0.05) is 12.8 Å². The van der Waals surface area contributed by atoms with Crippen LogP contribution in [0.1, 0.15) is 425 Å². The van der Waals surface area contributed by atoms with Gasteiger partial charge in [-0.2, -0.15) is 0 Å². The minimum Gasteiger partial charge on any atom is -0.462 e. The lowest BCUT2D eigenvalue weighted by Gasteiger charge is -2.15. The molecule has 0 aromatic carbocycles. The van der Waals surface area contributed by atoms with Crippen LogP contribution in [0.5, 0.6) is 0 Å². The van der Waals surface area contributed by atoms with Crippen molar-refractivity contribution in [3.8, 4) is 0 Å². The molecule has 0 aliphatic heterocycles. The second-order valence-electron chi connectivity index (χ2n) is 25.7. The molecule has 0 spiro atoms. The number of carbonyl (C=O) groups is 2. The van der Waals surface area contributed by atoms with E-state index in [1.165, 1.54) is 360 Å². The van der Waals surface area contributed by atoms with Gasteiger partial charge in [0.1, 0.15) is 6.61 Å². The molecule has 0 aromatic rings. The molecule has 0 saturated heterocycles. The molecule has 1 atom stereocenters. The van der Waals surface area contributed by atoms with Gasteiger partial charge >= 0.3 is 11.9 Å². The van der Waals surface area contributed by atoms with Crippen molar-refractivity contribution in [1.29, 1.82) is 0 Å². The van der Waals surface area contributed by atoms with Gasteiger partial charge in [0.25, 0.3) is 0 Å². The zero-order valence-corrected chi connectivity index (χ0v) is 55.8. The Morgan fingerprint density at radius 1 is 0.280 bits per heavy atom. The third kappa shape index (κ3) is 70.6. The first kappa shape index (κ1) is 80.1. The summed E-state index contributed by atoms with van der Waals surface area (Å²) in [4.78, 5) is 24.7. The normalized spacial score (nSPS) is 12.3. The van der Waals surface area contributed by atoms with Crippen molar-refractivity contribution in [3.05, 3.63) is 36.5 Å². The van der Waals surface area contributed by atoms with Crippen LogP contribution >= 0.6 is 0 Å². The highest BCUT2D eigenvalue weighted by Gasteiger charge is 2.16. The molecule has 0 aliphatic rings. The first-order valence-electron chi connectivity index (χ1n) is 37.5. The van der Waals surface area contributed by atoms with Gasteiger partial charge in [-0.05, 0) is 70.6 Å². The lowest BCUT2D eigenvalue weighted by Crippen LogP contribution is -2.28. The molecular weight excluding hydrogens is 1000 g/mol. The first-order valence-corrected chi connectivity index (χ1v) is 37.5. The quantitative estimate of drug-likeness (QED) is 0.0373. The third-order valence-electron chi connectivity index (χ3n) is 17.4. The Kier molecular flexibility index (Phi) is 71.7. The van der Waals surface area contributed by atoms with Crippen LogP contribution in [0.15, 0.2) is 36.5 Å². The molecule has 0 rings (SSSR count). The number of carbonyl (C=O) groups excluding carboxylic acids is 2. The molecule has 0 saturated carbocycles. The molecule has 0 bridgehead atoms. The van der Waals surface area contributed by atoms with Gasteiger partial charge in [-0.25, -0.2) is 0 Å². The van der Waals surface area contributed by atoms with Crippen LogP contribution in [-0.4, -0.2) is 36.4 Å². The minimum absolute atomic E-state index is 0.0584. The van der Waals surface area contributed by atoms with Crippen molar-refractivity contribution in [3.63, 3.8) is 0 Å². The van der Waals surface area contributed by atoms with E-state index in [4.69, 9.17) is 9.47 Å². The summed E-state index contributed by atoms with van der Waals surface area (Å²) in [6.45, 7) is 4.20. The van der Waals surface area contributed by atoms with E-state index in [0.717, 1.165) is 38.5 Å². The Morgan fingerprint density at radius 2 is 0.488 bits per heavy atom. The summed E-state index contributed by atoms with van der Waals surface area (Å²) >= 11 is 0. The molecule has 484 valence electrons. The molecule has 0 radical (unpaired) electrons. The number of esters is 2. The average molecular weight is 1150 g/mol. The van der Waals surface area contributed by atoms with Crippen molar-refractivity contribution in [2.24, 2.45) is 0 Å². The number of allylic oxidation sites excluding steroid dienone is 6. The highest BCUT2D eigenvalue weighted by molar-refractivity contribution is 5.70. The van der Waals surface area contributed by atoms with Gasteiger partial charge in [0.05, 0.1) is 6.61 Å². The van der Waals surface area contributed by atoms with Gasteiger partial charge in [-0.3, -0.25) is 9.59 Å². The number of hydrogen-bond donors (Lipinski definition) is 1. The van der Waals surface area contributed by atoms with Crippen LogP contribution < -0.4 is 0 Å². The largest absolute Gasteiger partial charge is 0.462 e. The number of rotatable bonds is 71. The predicted octanol–water partition coefficient (Wildman–Crippen LogP) is 26.1. The molecule has 5 heteroatoms. The maximum absolute atomic E-state index is 12.4. The van der Waals surface area contributed by atoms with Crippen LogP contribution in [0.25, 0.3) is 0 Å². The molecule has 0 aromatic heterocycles. The van der Waals surface area contributed by atoms with Crippen LogP contribution in [0.2, 0.25) is 0 Å². The Labute approximate surface area is 514 Å². The van der Waals surface area contributed by atoms with E-state index in [1.54, 1.807) is 0 Å². The second-order valence-corrected chi connectivity index (χ2v) is 25.7.